The average molecular weight is 487 g/mol. The van der Waals surface area contributed by atoms with Crippen molar-refractivity contribution >= 4 is 28.8 Å². The predicted molar refractivity (Wildman–Crippen MR) is 135 cm³/mol. The van der Waals surface area contributed by atoms with Crippen LogP contribution in [0.3, 0.4) is 0 Å². The Kier molecular flexibility index (Phi) is 8.93. The summed E-state index contributed by atoms with van der Waals surface area (Å²) in [5, 5.41) is 5.68. The summed E-state index contributed by atoms with van der Waals surface area (Å²) in [6.45, 7) is 7.71. The van der Waals surface area contributed by atoms with Crippen LogP contribution in [0.5, 0.6) is 0 Å². The van der Waals surface area contributed by atoms with Crippen LogP contribution in [0.25, 0.3) is 0 Å². The maximum Gasteiger partial charge on any atom is 0.338 e. The average Bonchev–Trinajstić information content (AvgIpc) is 3.16. The summed E-state index contributed by atoms with van der Waals surface area (Å²) in [6, 6.07) is 5.77. The second-order valence-electron chi connectivity index (χ2n) is 8.71. The molecule has 1 aromatic rings. The van der Waals surface area contributed by atoms with E-state index in [4.69, 9.17) is 14.5 Å². The maximum absolute atomic E-state index is 13.2. The Morgan fingerprint density at radius 2 is 1.97 bits per heavy atom. The second-order valence-corrected chi connectivity index (χ2v) is 9.55. The molecule has 8 nitrogen and oxygen atoms in total. The number of amidine groups is 1. The first-order valence-electron chi connectivity index (χ1n) is 11.3. The number of aryl methyl sites for hydroxylation is 2. The zero-order chi connectivity index (χ0) is 24.8. The normalized spacial score (nSPS) is 17.5. The van der Waals surface area contributed by atoms with Crippen LogP contribution in [0.15, 0.2) is 45.6 Å². The number of benzene rings is 1. The summed E-state index contributed by atoms with van der Waals surface area (Å²) in [4.78, 5) is 34.7. The molecular weight excluding hydrogens is 452 g/mol. The molecule has 2 aliphatic rings. The quantitative estimate of drug-likeness (QED) is 0.402. The molecular formula is C25H34N4O4S. The number of esters is 1. The summed E-state index contributed by atoms with van der Waals surface area (Å²) in [6.07, 6.45) is 0.200. The van der Waals surface area contributed by atoms with Gasteiger partial charge in [0.25, 0.3) is 0 Å². The fraction of sp³-hybridized carbons (Fsp3) is 0.480. The lowest BCUT2D eigenvalue weighted by atomic mass is 9.90. The van der Waals surface area contributed by atoms with Crippen LogP contribution >= 0.6 is 11.8 Å². The third-order valence-corrected chi connectivity index (χ3v) is 6.58. The lowest BCUT2D eigenvalue weighted by Crippen LogP contribution is -2.39. The number of amides is 1. The monoisotopic (exact) mass is 486 g/mol. The number of fused-ring (bicyclic) bond motifs is 1. The third-order valence-electron chi connectivity index (χ3n) is 5.69. The van der Waals surface area contributed by atoms with Crippen molar-refractivity contribution in [2.24, 2.45) is 4.99 Å². The van der Waals surface area contributed by atoms with Crippen LogP contribution in [0.1, 0.15) is 36.1 Å². The third kappa shape index (κ3) is 6.08. The topological polar surface area (TPSA) is 83.5 Å². The first kappa shape index (κ1) is 26.0. The minimum atomic E-state index is -0.432. The van der Waals surface area contributed by atoms with E-state index in [1.807, 2.05) is 50.1 Å². The summed E-state index contributed by atoms with van der Waals surface area (Å²) in [7, 11) is 5.50. The largest absolute Gasteiger partial charge is 0.460 e. The molecule has 0 fully saturated rings. The fourth-order valence-electron chi connectivity index (χ4n) is 3.92. The zero-order valence-corrected chi connectivity index (χ0v) is 21.6. The standard InChI is InChI=1S/C25H34N4O4S/c1-16-7-8-17(2)20(13-16)23-22(24(31)33-12-11-32-6)18(3)27-25-29(23)19(15-34-25)14-21(30)26-9-10-28(4)5/h7-8,13,15,23H,9-12,14H2,1-6H3,(H,26,30)/t23-/m1/s1. The Bertz CT molecular complexity index is 1030. The Balaban J connectivity index is 1.95. The van der Waals surface area contributed by atoms with Gasteiger partial charge in [0.05, 0.1) is 30.3 Å². The number of carbonyl (C=O) groups excluding carboxylic acids is 2. The van der Waals surface area contributed by atoms with Gasteiger partial charge in [0.2, 0.25) is 5.91 Å². The van der Waals surface area contributed by atoms with Crippen molar-refractivity contribution in [3.05, 3.63) is 57.3 Å². The minimum absolute atomic E-state index is 0.0647. The van der Waals surface area contributed by atoms with E-state index in [0.29, 0.717) is 24.4 Å². The highest BCUT2D eigenvalue weighted by Crippen LogP contribution is 2.45. The van der Waals surface area contributed by atoms with E-state index >= 15 is 0 Å². The van der Waals surface area contributed by atoms with Crippen molar-refractivity contribution in [1.29, 1.82) is 0 Å². The highest BCUT2D eigenvalue weighted by atomic mass is 32.2. The molecule has 9 heteroatoms. The van der Waals surface area contributed by atoms with E-state index < -0.39 is 12.0 Å². The molecule has 0 aromatic heterocycles. The maximum atomic E-state index is 13.2. The van der Waals surface area contributed by atoms with Gasteiger partial charge in [-0.05, 0) is 51.4 Å². The molecule has 2 aliphatic heterocycles. The van der Waals surface area contributed by atoms with Gasteiger partial charge in [0, 0.05) is 25.9 Å². The van der Waals surface area contributed by atoms with Crippen molar-refractivity contribution in [3.8, 4) is 0 Å². The van der Waals surface area contributed by atoms with E-state index in [2.05, 4.69) is 23.5 Å². The SMILES string of the molecule is COCCOC(=O)C1=C(C)N=C2SC=C(CC(=O)NCCN(C)C)N2[C@@H]1c1cc(C)ccc1C. The van der Waals surface area contributed by atoms with Gasteiger partial charge in [0.15, 0.2) is 5.17 Å². The molecule has 1 amide bonds. The van der Waals surface area contributed by atoms with E-state index in [1.54, 1.807) is 7.11 Å². The van der Waals surface area contributed by atoms with Crippen molar-refractivity contribution in [2.45, 2.75) is 33.2 Å². The molecule has 3 rings (SSSR count). The number of hydrogen-bond acceptors (Lipinski definition) is 8. The number of carbonyl (C=O) groups is 2. The van der Waals surface area contributed by atoms with Gasteiger partial charge in [-0.25, -0.2) is 9.79 Å². The molecule has 0 spiro atoms. The van der Waals surface area contributed by atoms with Gasteiger partial charge in [0.1, 0.15) is 6.61 Å². The van der Waals surface area contributed by atoms with Gasteiger partial charge in [-0.2, -0.15) is 0 Å². The van der Waals surface area contributed by atoms with Crippen molar-refractivity contribution in [3.63, 3.8) is 0 Å². The number of ether oxygens (including phenoxy) is 2. The lowest BCUT2D eigenvalue weighted by molar-refractivity contribution is -0.141. The molecule has 1 aromatic carbocycles. The van der Waals surface area contributed by atoms with Crippen molar-refractivity contribution in [2.75, 3.05) is 47.5 Å². The summed E-state index contributed by atoms with van der Waals surface area (Å²) >= 11 is 1.47. The Morgan fingerprint density at radius 3 is 2.68 bits per heavy atom. The first-order chi connectivity index (χ1) is 16.2. The number of methoxy groups -OCH3 is 1. The van der Waals surface area contributed by atoms with Gasteiger partial charge < -0.3 is 24.6 Å². The van der Waals surface area contributed by atoms with Gasteiger partial charge in [-0.3, -0.25) is 4.79 Å². The minimum Gasteiger partial charge on any atom is -0.460 e. The lowest BCUT2D eigenvalue weighted by Gasteiger charge is -2.37. The number of hydrogen-bond donors (Lipinski definition) is 1. The van der Waals surface area contributed by atoms with Crippen LogP contribution in [0.4, 0.5) is 0 Å². The highest BCUT2D eigenvalue weighted by Gasteiger charge is 2.41. The molecule has 1 N–H and O–H groups in total. The number of nitrogens with zero attached hydrogens (tertiary/aromatic N) is 3. The Labute approximate surface area is 206 Å². The van der Waals surface area contributed by atoms with Gasteiger partial charge in [-0.15, -0.1) is 0 Å². The van der Waals surface area contributed by atoms with E-state index in [-0.39, 0.29) is 18.9 Å². The summed E-state index contributed by atoms with van der Waals surface area (Å²) < 4.78 is 10.6. The molecule has 0 bridgehead atoms. The number of likely N-dealkylation sites (N-methyl/N-ethyl adjacent to an activating group) is 1. The zero-order valence-electron chi connectivity index (χ0n) is 20.8. The fourth-order valence-corrected chi connectivity index (χ4v) is 4.89. The first-order valence-corrected chi connectivity index (χ1v) is 12.2. The molecule has 2 heterocycles. The van der Waals surface area contributed by atoms with Crippen LogP contribution in [-0.2, 0) is 19.1 Å². The Hall–Kier alpha value is -2.62. The summed E-state index contributed by atoms with van der Waals surface area (Å²) in [5.74, 6) is -0.486. The summed E-state index contributed by atoms with van der Waals surface area (Å²) in [5.41, 5.74) is 5.05. The van der Waals surface area contributed by atoms with E-state index in [1.165, 1.54) is 11.8 Å². The van der Waals surface area contributed by atoms with Crippen LogP contribution in [0, 0.1) is 13.8 Å². The predicted octanol–water partition coefficient (Wildman–Crippen LogP) is 3.14. The smallest absolute Gasteiger partial charge is 0.338 e. The van der Waals surface area contributed by atoms with Crippen LogP contribution in [0.2, 0.25) is 0 Å². The molecule has 184 valence electrons. The Morgan fingerprint density at radius 1 is 1.21 bits per heavy atom. The molecule has 0 aliphatic carbocycles. The number of nitrogens with one attached hydrogen (secondary N) is 1. The number of aliphatic imine (C=N–C) groups is 1. The number of allylic oxidation sites excluding steroid dienone is 1. The molecule has 0 radical (unpaired) electrons. The number of thioether (sulfide) groups is 1. The van der Waals surface area contributed by atoms with Crippen LogP contribution in [-0.4, -0.2) is 74.4 Å². The van der Waals surface area contributed by atoms with E-state index in [0.717, 1.165) is 34.1 Å². The molecule has 0 saturated heterocycles. The molecule has 0 saturated carbocycles. The molecule has 34 heavy (non-hydrogen) atoms. The molecule has 1 atom stereocenters. The van der Waals surface area contributed by atoms with E-state index in [9.17, 15) is 9.59 Å². The molecule has 0 unspecified atom stereocenters. The highest BCUT2D eigenvalue weighted by molar-refractivity contribution is 8.16. The van der Waals surface area contributed by atoms with Crippen LogP contribution < -0.4 is 5.32 Å². The number of rotatable bonds is 10. The van der Waals surface area contributed by atoms with Gasteiger partial charge in [-0.1, -0.05) is 35.5 Å². The second kappa shape index (κ2) is 11.7. The van der Waals surface area contributed by atoms with Crippen molar-refractivity contribution in [1.82, 2.24) is 15.1 Å². The van der Waals surface area contributed by atoms with Gasteiger partial charge >= 0.3 is 5.97 Å². The van der Waals surface area contributed by atoms with Crippen molar-refractivity contribution < 1.29 is 19.1 Å².